The fourth-order valence-electron chi connectivity index (χ4n) is 0.277. The predicted molar refractivity (Wildman–Crippen MR) is 24.9 cm³/mol. The second kappa shape index (κ2) is 6.51. The van der Waals surface area contributed by atoms with Crippen LogP contribution in [-0.4, -0.2) is 30.8 Å². The Balaban J connectivity index is 0. The van der Waals surface area contributed by atoms with E-state index in [9.17, 15) is 9.90 Å². The Kier molecular flexibility index (Phi) is 8.75. The third kappa shape index (κ3) is 6.27. The smallest absolute Gasteiger partial charge is 0.547 e. The molecule has 0 amide bonds. The van der Waals surface area contributed by atoms with Crippen molar-refractivity contribution in [2.45, 2.75) is 6.10 Å². The second-order valence-corrected chi connectivity index (χ2v) is 1.39. The second-order valence-electron chi connectivity index (χ2n) is 1.39. The minimum Gasteiger partial charge on any atom is -0.547 e. The first-order valence-electron chi connectivity index (χ1n) is 2.22. The molecule has 4 nitrogen and oxygen atoms in total. The van der Waals surface area contributed by atoms with Crippen LogP contribution in [0.2, 0.25) is 0 Å². The largest absolute Gasteiger partial charge is 1.00 e. The van der Waals surface area contributed by atoms with Gasteiger partial charge in [0.25, 0.3) is 0 Å². The molecule has 0 spiro atoms. The molecule has 1 unspecified atom stereocenters. The number of likely N-dealkylation sites (N-methyl/N-ethyl adjacent to an activating group) is 1. The van der Waals surface area contributed by atoms with Crippen molar-refractivity contribution in [3.05, 3.63) is 0 Å². The SMILES string of the molecule is CNCC(O)C(=O)[O-].[Na+]. The molecule has 1 atom stereocenters. The van der Waals surface area contributed by atoms with Crippen LogP contribution in [0.4, 0.5) is 0 Å². The standard InChI is InChI=1S/C4H9NO3.Na/c1-5-2-3(6)4(7)8;/h3,5-6H,2H2,1H3,(H,7,8);/q;+1/p-1. The number of carboxylic acids is 1. The number of carboxylic acid groups (broad SMARTS) is 1. The van der Waals surface area contributed by atoms with Crippen LogP contribution >= 0.6 is 0 Å². The topological polar surface area (TPSA) is 72.4 Å². The molecule has 0 aliphatic rings. The van der Waals surface area contributed by atoms with E-state index in [1.807, 2.05) is 0 Å². The summed E-state index contributed by atoms with van der Waals surface area (Å²) >= 11 is 0. The summed E-state index contributed by atoms with van der Waals surface area (Å²) in [6, 6.07) is 0. The molecule has 0 aliphatic heterocycles. The van der Waals surface area contributed by atoms with Crippen molar-refractivity contribution in [3.8, 4) is 0 Å². The van der Waals surface area contributed by atoms with Gasteiger partial charge in [-0.15, -0.1) is 0 Å². The molecule has 0 saturated heterocycles. The average molecular weight is 141 g/mol. The molecule has 0 aromatic rings. The molecular weight excluding hydrogens is 133 g/mol. The van der Waals surface area contributed by atoms with E-state index in [0.717, 1.165) is 0 Å². The van der Waals surface area contributed by atoms with Crippen LogP contribution in [0.15, 0.2) is 0 Å². The molecule has 0 fully saturated rings. The van der Waals surface area contributed by atoms with E-state index < -0.39 is 12.1 Å². The van der Waals surface area contributed by atoms with E-state index in [1.54, 1.807) is 7.05 Å². The van der Waals surface area contributed by atoms with Crippen LogP contribution in [0.5, 0.6) is 0 Å². The first-order valence-corrected chi connectivity index (χ1v) is 2.22. The van der Waals surface area contributed by atoms with Crippen molar-refractivity contribution < 1.29 is 44.6 Å². The summed E-state index contributed by atoms with van der Waals surface area (Å²) in [4.78, 5) is 9.69. The Labute approximate surface area is 75.5 Å². The number of nitrogens with one attached hydrogen (secondary N) is 1. The van der Waals surface area contributed by atoms with E-state index >= 15 is 0 Å². The Hall–Kier alpha value is 0.390. The number of aliphatic carboxylic acids is 1. The van der Waals surface area contributed by atoms with Crippen molar-refractivity contribution in [3.63, 3.8) is 0 Å². The van der Waals surface area contributed by atoms with Gasteiger partial charge in [0.15, 0.2) is 0 Å². The average Bonchev–Trinajstić information content (AvgIpc) is 1.67. The molecule has 0 aliphatic carbocycles. The molecule has 0 heterocycles. The molecule has 5 heteroatoms. The van der Waals surface area contributed by atoms with Gasteiger partial charge in [0, 0.05) is 6.54 Å². The van der Waals surface area contributed by atoms with Gasteiger partial charge in [-0.3, -0.25) is 0 Å². The monoisotopic (exact) mass is 141 g/mol. The van der Waals surface area contributed by atoms with Crippen LogP contribution in [0.25, 0.3) is 0 Å². The predicted octanol–water partition coefficient (Wildman–Crippen LogP) is -5.68. The maximum Gasteiger partial charge on any atom is 1.00 e. The number of hydrogen-bond donors (Lipinski definition) is 2. The van der Waals surface area contributed by atoms with E-state index in [-0.39, 0.29) is 36.1 Å². The summed E-state index contributed by atoms with van der Waals surface area (Å²) in [6.45, 7) is 0.0301. The Morgan fingerprint density at radius 2 is 2.33 bits per heavy atom. The number of carbonyl (C=O) groups excluding carboxylic acids is 1. The van der Waals surface area contributed by atoms with Gasteiger partial charge in [-0.25, -0.2) is 0 Å². The van der Waals surface area contributed by atoms with E-state index in [4.69, 9.17) is 5.11 Å². The van der Waals surface area contributed by atoms with Gasteiger partial charge in [-0.2, -0.15) is 0 Å². The van der Waals surface area contributed by atoms with Gasteiger partial charge in [0.05, 0.1) is 5.97 Å². The summed E-state index contributed by atoms with van der Waals surface area (Å²) in [6.07, 6.45) is -1.39. The van der Waals surface area contributed by atoms with Crippen molar-refractivity contribution in [2.75, 3.05) is 13.6 Å². The van der Waals surface area contributed by atoms with Crippen molar-refractivity contribution in [1.82, 2.24) is 5.32 Å². The molecule has 9 heavy (non-hydrogen) atoms. The minimum absolute atomic E-state index is 0. The van der Waals surface area contributed by atoms with Crippen LogP contribution < -0.4 is 40.0 Å². The summed E-state index contributed by atoms with van der Waals surface area (Å²) in [5.41, 5.74) is 0. The summed E-state index contributed by atoms with van der Waals surface area (Å²) in [7, 11) is 1.55. The quantitative estimate of drug-likeness (QED) is 0.384. The summed E-state index contributed by atoms with van der Waals surface area (Å²) < 4.78 is 0. The maximum absolute atomic E-state index is 9.69. The summed E-state index contributed by atoms with van der Waals surface area (Å²) in [5.74, 6) is -1.45. The third-order valence-electron chi connectivity index (χ3n) is 0.670. The molecule has 0 saturated carbocycles. The normalized spacial score (nSPS) is 11.8. The number of hydrogen-bond acceptors (Lipinski definition) is 4. The van der Waals surface area contributed by atoms with Gasteiger partial charge < -0.3 is 20.3 Å². The zero-order valence-electron chi connectivity index (χ0n) is 5.55. The zero-order valence-corrected chi connectivity index (χ0v) is 7.55. The maximum atomic E-state index is 9.69. The Bertz CT molecular complexity index is 87.9. The third-order valence-corrected chi connectivity index (χ3v) is 0.670. The van der Waals surface area contributed by atoms with Gasteiger partial charge >= 0.3 is 29.6 Å². The molecule has 0 rings (SSSR count). The molecule has 48 valence electrons. The van der Waals surface area contributed by atoms with Crippen LogP contribution in [-0.2, 0) is 4.79 Å². The Morgan fingerprint density at radius 3 is 2.44 bits per heavy atom. The van der Waals surface area contributed by atoms with Crippen molar-refractivity contribution in [2.24, 2.45) is 0 Å². The van der Waals surface area contributed by atoms with Crippen LogP contribution in [0.1, 0.15) is 0 Å². The van der Waals surface area contributed by atoms with Gasteiger partial charge in [-0.05, 0) is 7.05 Å². The number of rotatable bonds is 3. The molecule has 0 bridgehead atoms. The van der Waals surface area contributed by atoms with Crippen molar-refractivity contribution in [1.29, 1.82) is 0 Å². The minimum atomic E-state index is -1.45. The molecule has 2 N–H and O–H groups in total. The Morgan fingerprint density at radius 1 is 1.89 bits per heavy atom. The van der Waals surface area contributed by atoms with Gasteiger partial charge in [-0.1, -0.05) is 0 Å². The molecule has 0 aromatic heterocycles. The first-order chi connectivity index (χ1) is 3.68. The molecule has 0 aromatic carbocycles. The van der Waals surface area contributed by atoms with Crippen LogP contribution in [0.3, 0.4) is 0 Å². The van der Waals surface area contributed by atoms with E-state index in [1.165, 1.54) is 0 Å². The number of carbonyl (C=O) groups is 1. The zero-order chi connectivity index (χ0) is 6.57. The first kappa shape index (κ1) is 12.1. The summed E-state index contributed by atoms with van der Waals surface area (Å²) in [5, 5.41) is 20.6. The van der Waals surface area contributed by atoms with E-state index in [2.05, 4.69) is 5.32 Å². The fourth-order valence-corrected chi connectivity index (χ4v) is 0.277. The fraction of sp³-hybridized carbons (Fsp3) is 0.750. The van der Waals surface area contributed by atoms with Gasteiger partial charge in [0.2, 0.25) is 0 Å². The molecular formula is C4H8NNaO3. The van der Waals surface area contributed by atoms with Crippen molar-refractivity contribution >= 4 is 5.97 Å². The number of aliphatic hydroxyl groups is 1. The van der Waals surface area contributed by atoms with E-state index in [0.29, 0.717) is 0 Å². The molecule has 0 radical (unpaired) electrons. The van der Waals surface area contributed by atoms with Crippen LogP contribution in [0, 0.1) is 0 Å². The van der Waals surface area contributed by atoms with Gasteiger partial charge in [0.1, 0.15) is 6.10 Å². The number of aliphatic hydroxyl groups excluding tert-OH is 1.